The molecule has 0 N–H and O–H groups in total. The van der Waals surface area contributed by atoms with Crippen LogP contribution in [0.4, 0.5) is 0 Å². The zero-order valence-corrected chi connectivity index (χ0v) is 19.5. The van der Waals surface area contributed by atoms with Crippen LogP contribution in [0.15, 0.2) is 0 Å². The van der Waals surface area contributed by atoms with Crippen LogP contribution in [-0.4, -0.2) is 34.6 Å². The Labute approximate surface area is 152 Å². The van der Waals surface area contributed by atoms with Gasteiger partial charge >= 0.3 is 5.97 Å². The van der Waals surface area contributed by atoms with Crippen molar-refractivity contribution in [3.8, 4) is 0 Å². The number of carbonyl (C=O) groups is 1. The van der Waals surface area contributed by atoms with E-state index in [1.54, 1.807) is 0 Å². The second kappa shape index (κ2) is 8.04. The maximum absolute atomic E-state index is 12.0. The number of hydrogen-bond donors (Lipinski definition) is 0. The van der Waals surface area contributed by atoms with Crippen LogP contribution in [0, 0.1) is 0 Å². The zero-order chi connectivity index (χ0) is 18.8. The molecule has 0 aromatic rings. The first kappa shape index (κ1) is 21.9. The Morgan fingerprint density at radius 3 is 2.12 bits per heavy atom. The highest BCUT2D eigenvalue weighted by atomic mass is 28.4. The van der Waals surface area contributed by atoms with Gasteiger partial charge in [-0.25, -0.2) is 0 Å². The largest absolute Gasteiger partial charge is 0.462 e. The van der Waals surface area contributed by atoms with Crippen molar-refractivity contribution >= 4 is 22.4 Å². The maximum atomic E-state index is 12.0. The van der Waals surface area contributed by atoms with Crippen molar-refractivity contribution in [1.29, 1.82) is 0 Å². The Morgan fingerprint density at radius 2 is 1.71 bits per heavy atom. The smallest absolute Gasteiger partial charge is 0.310 e. The highest BCUT2D eigenvalue weighted by Crippen LogP contribution is 2.42. The zero-order valence-electron chi connectivity index (χ0n) is 17.5. The number of esters is 1. The SMILES string of the molecule is CCCCC[C@H](CC1OC(=O)C1[Si](C)(C)C)O[Si](C)(C)C(C)(C)C. The van der Waals surface area contributed by atoms with Crippen molar-refractivity contribution in [2.45, 2.75) is 115 Å². The molecule has 3 atom stereocenters. The van der Waals surface area contributed by atoms with Gasteiger partial charge in [0.1, 0.15) is 6.10 Å². The van der Waals surface area contributed by atoms with Crippen LogP contribution < -0.4 is 0 Å². The topological polar surface area (TPSA) is 35.5 Å². The molecule has 0 aromatic heterocycles. The fraction of sp³-hybridized carbons (Fsp3) is 0.947. The summed E-state index contributed by atoms with van der Waals surface area (Å²) < 4.78 is 12.3. The van der Waals surface area contributed by atoms with Crippen LogP contribution in [-0.2, 0) is 14.0 Å². The van der Waals surface area contributed by atoms with E-state index in [0.29, 0.717) is 0 Å². The third-order valence-corrected chi connectivity index (χ3v) is 12.7. The van der Waals surface area contributed by atoms with Gasteiger partial charge in [-0.15, -0.1) is 0 Å². The highest BCUT2D eigenvalue weighted by Gasteiger charge is 2.51. The standard InChI is InChI=1S/C19H40O3Si2/c1-10-11-12-13-15(22-24(8,9)19(2,3)4)14-16-17(18(20)21-16)23(5,6)7/h15-17H,10-14H2,1-9H3/t15-,16?,17?/m1/s1. The lowest BCUT2D eigenvalue weighted by atomic mass is 10.0. The van der Waals surface area contributed by atoms with Gasteiger partial charge in [0.25, 0.3) is 0 Å². The average Bonchev–Trinajstić information content (AvgIpc) is 2.33. The minimum atomic E-state index is -1.80. The Kier molecular flexibility index (Phi) is 7.34. The molecule has 2 unspecified atom stereocenters. The Balaban J connectivity index is 2.78. The van der Waals surface area contributed by atoms with E-state index >= 15 is 0 Å². The fourth-order valence-corrected chi connectivity index (χ4v) is 6.66. The van der Waals surface area contributed by atoms with Crippen molar-refractivity contribution in [3.63, 3.8) is 0 Å². The summed E-state index contributed by atoms with van der Waals surface area (Å²) in [7, 11) is -3.32. The molecule has 1 heterocycles. The van der Waals surface area contributed by atoms with Gasteiger partial charge in [0.2, 0.25) is 0 Å². The van der Waals surface area contributed by atoms with Crippen molar-refractivity contribution in [2.24, 2.45) is 0 Å². The van der Waals surface area contributed by atoms with E-state index in [4.69, 9.17) is 9.16 Å². The van der Waals surface area contributed by atoms with Crippen molar-refractivity contribution in [1.82, 2.24) is 0 Å². The van der Waals surface area contributed by atoms with E-state index in [1.807, 2.05) is 0 Å². The molecule has 3 nitrogen and oxygen atoms in total. The lowest BCUT2D eigenvalue weighted by molar-refractivity contribution is -0.172. The third-order valence-electron chi connectivity index (χ3n) is 5.72. The molecule has 1 fully saturated rings. The molecule has 0 aromatic carbocycles. The molecule has 0 amide bonds. The Bertz CT molecular complexity index is 421. The molecule has 0 spiro atoms. The molecule has 0 radical (unpaired) electrons. The summed E-state index contributed by atoms with van der Waals surface area (Å²) in [5, 5.41) is 0.213. The summed E-state index contributed by atoms with van der Waals surface area (Å²) in [6.07, 6.45) is 5.97. The first-order chi connectivity index (χ1) is 10.8. The van der Waals surface area contributed by atoms with Gasteiger partial charge in [0.05, 0.1) is 13.6 Å². The second-order valence-electron chi connectivity index (χ2n) is 10.1. The number of ether oxygens (including phenoxy) is 1. The summed E-state index contributed by atoms with van der Waals surface area (Å²) >= 11 is 0. The van der Waals surface area contributed by atoms with E-state index in [2.05, 4.69) is 60.4 Å². The van der Waals surface area contributed by atoms with Crippen LogP contribution in [0.2, 0.25) is 43.3 Å². The number of carbonyl (C=O) groups excluding carboxylic acids is 1. The van der Waals surface area contributed by atoms with Crippen LogP contribution in [0.5, 0.6) is 0 Å². The van der Waals surface area contributed by atoms with Gasteiger partial charge in [0, 0.05) is 12.5 Å². The Morgan fingerprint density at radius 1 is 1.12 bits per heavy atom. The molecule has 142 valence electrons. The van der Waals surface area contributed by atoms with E-state index < -0.39 is 16.4 Å². The number of rotatable bonds is 9. The maximum Gasteiger partial charge on any atom is 0.310 e. The summed E-state index contributed by atoms with van der Waals surface area (Å²) in [4.78, 5) is 12.0. The average molecular weight is 373 g/mol. The molecule has 0 bridgehead atoms. The molecule has 24 heavy (non-hydrogen) atoms. The minimum absolute atomic E-state index is 0.0267. The molecule has 1 rings (SSSR count). The molecule has 1 aliphatic heterocycles. The van der Waals surface area contributed by atoms with Gasteiger partial charge in [0.15, 0.2) is 8.32 Å². The predicted octanol–water partition coefficient (Wildman–Crippen LogP) is 5.98. The summed E-state index contributed by atoms with van der Waals surface area (Å²) in [6, 6.07) is 0. The molecule has 1 saturated heterocycles. The molecule has 5 heteroatoms. The van der Waals surface area contributed by atoms with Crippen LogP contribution in [0.3, 0.4) is 0 Å². The summed E-state index contributed by atoms with van der Waals surface area (Å²) in [6.45, 7) is 20.6. The lowest BCUT2D eigenvalue weighted by Gasteiger charge is -2.45. The monoisotopic (exact) mass is 372 g/mol. The third kappa shape index (κ3) is 5.70. The van der Waals surface area contributed by atoms with E-state index in [0.717, 1.165) is 12.8 Å². The van der Waals surface area contributed by atoms with E-state index in [1.165, 1.54) is 19.3 Å². The molecular formula is C19H40O3Si2. The number of cyclic esters (lactones) is 1. The highest BCUT2D eigenvalue weighted by molar-refractivity contribution is 6.81. The number of unbranched alkanes of at least 4 members (excludes halogenated alkanes) is 2. The van der Waals surface area contributed by atoms with Gasteiger partial charge in [-0.3, -0.25) is 4.79 Å². The lowest BCUT2D eigenvalue weighted by Crippen LogP contribution is -2.54. The first-order valence-electron chi connectivity index (χ1n) is 9.68. The predicted molar refractivity (Wildman–Crippen MR) is 108 cm³/mol. The van der Waals surface area contributed by atoms with Gasteiger partial charge in [-0.05, 0) is 24.6 Å². The fourth-order valence-electron chi connectivity index (χ4n) is 3.16. The quantitative estimate of drug-likeness (QED) is 0.284. The van der Waals surface area contributed by atoms with E-state index in [-0.39, 0.29) is 28.8 Å². The van der Waals surface area contributed by atoms with Crippen LogP contribution in [0.25, 0.3) is 0 Å². The van der Waals surface area contributed by atoms with Crippen molar-refractivity contribution in [3.05, 3.63) is 0 Å². The summed E-state index contributed by atoms with van der Waals surface area (Å²) in [5.74, 6) is 0.0267. The number of hydrogen-bond acceptors (Lipinski definition) is 3. The van der Waals surface area contributed by atoms with Gasteiger partial charge in [-0.1, -0.05) is 66.6 Å². The molecule has 0 aliphatic carbocycles. The van der Waals surface area contributed by atoms with Crippen LogP contribution >= 0.6 is 0 Å². The minimum Gasteiger partial charge on any atom is -0.462 e. The molecule has 0 saturated carbocycles. The van der Waals surface area contributed by atoms with Gasteiger partial charge < -0.3 is 9.16 Å². The normalized spacial score (nSPS) is 23.6. The van der Waals surface area contributed by atoms with Crippen molar-refractivity contribution in [2.75, 3.05) is 0 Å². The molecule has 1 aliphatic rings. The van der Waals surface area contributed by atoms with E-state index in [9.17, 15) is 4.79 Å². The Hall–Kier alpha value is -0.136. The first-order valence-corrected chi connectivity index (χ1v) is 16.2. The molecular weight excluding hydrogens is 332 g/mol. The second-order valence-corrected chi connectivity index (χ2v) is 20.2. The summed E-state index contributed by atoms with van der Waals surface area (Å²) in [5.41, 5.74) is 0.147. The van der Waals surface area contributed by atoms with Crippen LogP contribution in [0.1, 0.15) is 59.8 Å². The van der Waals surface area contributed by atoms with Crippen molar-refractivity contribution < 1.29 is 14.0 Å². The van der Waals surface area contributed by atoms with Gasteiger partial charge in [-0.2, -0.15) is 0 Å².